The van der Waals surface area contributed by atoms with Crippen molar-refractivity contribution in [3.63, 3.8) is 0 Å². The van der Waals surface area contributed by atoms with Crippen LogP contribution in [0.1, 0.15) is 19.8 Å². The Kier molecular flexibility index (Phi) is 4.45. The lowest BCUT2D eigenvalue weighted by Gasteiger charge is -2.37. The second-order valence-corrected chi connectivity index (χ2v) is 5.70. The molecule has 0 spiro atoms. The topological polar surface area (TPSA) is 45.4 Å². The van der Waals surface area contributed by atoms with E-state index in [1.54, 1.807) is 6.20 Å². The molecule has 0 aromatic carbocycles. The molecule has 2 N–H and O–H groups in total. The van der Waals surface area contributed by atoms with E-state index in [1.165, 1.54) is 25.9 Å². The molecule has 1 fully saturated rings. The molecular weight excluding hydrogens is 292 g/mol. The van der Waals surface area contributed by atoms with Crippen LogP contribution in [0.3, 0.4) is 0 Å². The van der Waals surface area contributed by atoms with E-state index in [2.05, 4.69) is 44.7 Å². The third-order valence-corrected chi connectivity index (χ3v) is 4.31. The normalized spacial score (nSPS) is 17.9. The van der Waals surface area contributed by atoms with Gasteiger partial charge in [0.05, 0.1) is 16.4 Å². The SMILES string of the molecule is CCN1CCC(N(C)c2ncc(N)cc2Br)CC1. The molecule has 1 aromatic heterocycles. The smallest absolute Gasteiger partial charge is 0.143 e. The summed E-state index contributed by atoms with van der Waals surface area (Å²) in [7, 11) is 2.12. The minimum Gasteiger partial charge on any atom is -0.397 e. The van der Waals surface area contributed by atoms with E-state index in [-0.39, 0.29) is 0 Å². The maximum Gasteiger partial charge on any atom is 0.143 e. The Bertz CT molecular complexity index is 402. The molecule has 0 amide bonds. The van der Waals surface area contributed by atoms with Crippen molar-refractivity contribution < 1.29 is 0 Å². The van der Waals surface area contributed by atoms with Crippen molar-refractivity contribution in [3.05, 3.63) is 16.7 Å². The Balaban J connectivity index is 2.05. The third kappa shape index (κ3) is 2.95. The standard InChI is InChI=1S/C13H21BrN4/c1-3-18-6-4-11(5-7-18)17(2)13-12(14)8-10(15)9-16-13/h8-9,11H,3-7,15H2,1-2H3. The Hall–Kier alpha value is -0.810. The van der Waals surface area contributed by atoms with E-state index in [4.69, 9.17) is 5.73 Å². The van der Waals surface area contributed by atoms with Crippen molar-refractivity contribution in [1.29, 1.82) is 0 Å². The number of halogens is 1. The van der Waals surface area contributed by atoms with Gasteiger partial charge < -0.3 is 15.5 Å². The van der Waals surface area contributed by atoms with E-state index in [1.807, 2.05) is 6.07 Å². The van der Waals surface area contributed by atoms with Crippen LogP contribution in [0.25, 0.3) is 0 Å². The van der Waals surface area contributed by atoms with E-state index >= 15 is 0 Å². The molecule has 2 rings (SSSR count). The average Bonchev–Trinajstić information content (AvgIpc) is 2.38. The molecule has 1 aliphatic heterocycles. The summed E-state index contributed by atoms with van der Waals surface area (Å²) in [5.41, 5.74) is 6.42. The number of hydrogen-bond donors (Lipinski definition) is 1. The fraction of sp³-hybridized carbons (Fsp3) is 0.615. The van der Waals surface area contributed by atoms with Crippen LogP contribution >= 0.6 is 15.9 Å². The molecule has 0 aliphatic carbocycles. The van der Waals surface area contributed by atoms with E-state index < -0.39 is 0 Å². The number of nitrogens with two attached hydrogens (primary N) is 1. The third-order valence-electron chi connectivity index (χ3n) is 3.73. The summed E-state index contributed by atoms with van der Waals surface area (Å²) >= 11 is 3.55. The number of piperidine rings is 1. The van der Waals surface area contributed by atoms with E-state index in [0.717, 1.165) is 16.8 Å². The average molecular weight is 313 g/mol. The summed E-state index contributed by atoms with van der Waals surface area (Å²) in [6.07, 6.45) is 4.11. The lowest BCUT2D eigenvalue weighted by atomic mass is 10.0. The van der Waals surface area contributed by atoms with Gasteiger partial charge in [-0.15, -0.1) is 0 Å². The van der Waals surface area contributed by atoms with Crippen LogP contribution in [0.2, 0.25) is 0 Å². The second-order valence-electron chi connectivity index (χ2n) is 4.85. The first-order chi connectivity index (χ1) is 8.61. The lowest BCUT2D eigenvalue weighted by Crippen LogP contribution is -2.43. The molecule has 1 aromatic rings. The number of aromatic nitrogens is 1. The number of likely N-dealkylation sites (tertiary alicyclic amines) is 1. The molecule has 4 nitrogen and oxygen atoms in total. The zero-order valence-corrected chi connectivity index (χ0v) is 12.7. The van der Waals surface area contributed by atoms with Crippen LogP contribution in [0, 0.1) is 0 Å². The highest BCUT2D eigenvalue weighted by molar-refractivity contribution is 9.10. The zero-order chi connectivity index (χ0) is 13.1. The monoisotopic (exact) mass is 312 g/mol. The Morgan fingerprint density at radius 2 is 2.17 bits per heavy atom. The van der Waals surface area contributed by atoms with Crippen LogP contribution in [-0.4, -0.2) is 42.6 Å². The molecule has 1 saturated heterocycles. The van der Waals surface area contributed by atoms with Crippen LogP contribution < -0.4 is 10.6 Å². The van der Waals surface area contributed by atoms with Crippen molar-refractivity contribution in [2.75, 3.05) is 37.3 Å². The molecule has 0 bridgehead atoms. The van der Waals surface area contributed by atoms with Gasteiger partial charge in [0.15, 0.2) is 0 Å². The summed E-state index contributed by atoms with van der Waals surface area (Å²) in [5, 5.41) is 0. The Morgan fingerprint density at radius 1 is 1.50 bits per heavy atom. The number of rotatable bonds is 3. The number of nitrogens with zero attached hydrogens (tertiary/aromatic N) is 3. The lowest BCUT2D eigenvalue weighted by molar-refractivity contribution is 0.220. The second kappa shape index (κ2) is 5.89. The van der Waals surface area contributed by atoms with Crippen LogP contribution in [0.15, 0.2) is 16.7 Å². The minimum absolute atomic E-state index is 0.570. The summed E-state index contributed by atoms with van der Waals surface area (Å²) in [6, 6.07) is 2.49. The molecule has 0 unspecified atom stereocenters. The van der Waals surface area contributed by atoms with E-state index in [0.29, 0.717) is 11.7 Å². The maximum absolute atomic E-state index is 5.72. The number of nitrogen functional groups attached to an aromatic ring is 1. The molecule has 18 heavy (non-hydrogen) atoms. The van der Waals surface area contributed by atoms with Crippen molar-refractivity contribution >= 4 is 27.4 Å². The highest BCUT2D eigenvalue weighted by atomic mass is 79.9. The first-order valence-corrected chi connectivity index (χ1v) is 7.27. The van der Waals surface area contributed by atoms with Gasteiger partial charge >= 0.3 is 0 Å². The Morgan fingerprint density at radius 3 is 2.72 bits per heavy atom. The molecule has 1 aliphatic rings. The quantitative estimate of drug-likeness (QED) is 0.930. The minimum atomic E-state index is 0.570. The maximum atomic E-state index is 5.72. The van der Waals surface area contributed by atoms with Gasteiger partial charge in [0.25, 0.3) is 0 Å². The van der Waals surface area contributed by atoms with Gasteiger partial charge in [-0.05, 0) is 41.4 Å². The van der Waals surface area contributed by atoms with Gasteiger partial charge in [0.1, 0.15) is 5.82 Å². The molecule has 0 atom stereocenters. The van der Waals surface area contributed by atoms with Gasteiger partial charge in [-0.25, -0.2) is 4.98 Å². The first-order valence-electron chi connectivity index (χ1n) is 6.48. The molecule has 2 heterocycles. The molecule has 0 radical (unpaired) electrons. The van der Waals surface area contributed by atoms with Crippen LogP contribution in [0.5, 0.6) is 0 Å². The van der Waals surface area contributed by atoms with Crippen molar-refractivity contribution in [1.82, 2.24) is 9.88 Å². The number of anilines is 2. The van der Waals surface area contributed by atoms with Crippen molar-refractivity contribution in [3.8, 4) is 0 Å². The molecule has 5 heteroatoms. The number of hydrogen-bond acceptors (Lipinski definition) is 4. The fourth-order valence-corrected chi connectivity index (χ4v) is 3.15. The number of pyridine rings is 1. The predicted octanol–water partition coefficient (Wildman–Crippen LogP) is 2.35. The molecular formula is C13H21BrN4. The summed E-state index contributed by atoms with van der Waals surface area (Å²) < 4.78 is 0.975. The van der Waals surface area contributed by atoms with Gasteiger partial charge in [-0.3, -0.25) is 0 Å². The zero-order valence-electron chi connectivity index (χ0n) is 11.1. The van der Waals surface area contributed by atoms with Gasteiger partial charge in [0.2, 0.25) is 0 Å². The van der Waals surface area contributed by atoms with Crippen molar-refractivity contribution in [2.45, 2.75) is 25.8 Å². The summed E-state index contributed by atoms with van der Waals surface area (Å²) in [6.45, 7) is 5.73. The summed E-state index contributed by atoms with van der Waals surface area (Å²) in [5.74, 6) is 0.985. The fourth-order valence-electron chi connectivity index (χ4n) is 2.50. The van der Waals surface area contributed by atoms with Crippen molar-refractivity contribution in [2.24, 2.45) is 0 Å². The largest absolute Gasteiger partial charge is 0.397 e. The van der Waals surface area contributed by atoms with Crippen LogP contribution in [-0.2, 0) is 0 Å². The highest BCUT2D eigenvalue weighted by Crippen LogP contribution is 2.28. The van der Waals surface area contributed by atoms with Gasteiger partial charge in [-0.2, -0.15) is 0 Å². The van der Waals surface area contributed by atoms with Gasteiger partial charge in [0, 0.05) is 26.2 Å². The highest BCUT2D eigenvalue weighted by Gasteiger charge is 2.23. The first kappa shape index (κ1) is 13.6. The van der Waals surface area contributed by atoms with E-state index in [9.17, 15) is 0 Å². The van der Waals surface area contributed by atoms with Gasteiger partial charge in [-0.1, -0.05) is 6.92 Å². The summed E-state index contributed by atoms with van der Waals surface area (Å²) in [4.78, 5) is 9.20. The van der Waals surface area contributed by atoms with Crippen LogP contribution in [0.4, 0.5) is 11.5 Å². The molecule has 0 saturated carbocycles. The predicted molar refractivity (Wildman–Crippen MR) is 79.9 cm³/mol. The Labute approximate surface area is 117 Å². The molecule has 100 valence electrons.